The summed E-state index contributed by atoms with van der Waals surface area (Å²) in [6.07, 6.45) is 1.64. The summed E-state index contributed by atoms with van der Waals surface area (Å²) < 4.78 is 17.2. The van der Waals surface area contributed by atoms with E-state index < -0.39 is 5.60 Å². The molecule has 32 heavy (non-hydrogen) atoms. The monoisotopic (exact) mass is 444 g/mol. The number of Topliss-reactive ketones (excluding diaryl/α,β-unsaturated/α-hetero) is 1. The number of carbonyl (C=O) groups is 3. The molecule has 0 N–H and O–H groups in total. The maximum atomic E-state index is 13.1. The highest BCUT2D eigenvalue weighted by Gasteiger charge is 2.47. The van der Waals surface area contributed by atoms with Crippen molar-refractivity contribution in [1.82, 2.24) is 9.80 Å². The van der Waals surface area contributed by atoms with Crippen molar-refractivity contribution < 1.29 is 28.6 Å². The largest absolute Gasteiger partial charge is 0.493 e. The van der Waals surface area contributed by atoms with E-state index in [0.717, 1.165) is 0 Å². The molecule has 2 saturated heterocycles. The quantitative estimate of drug-likeness (QED) is 0.713. The number of rotatable bonds is 3. The summed E-state index contributed by atoms with van der Waals surface area (Å²) in [7, 11) is 3.07. The van der Waals surface area contributed by atoms with Gasteiger partial charge in [0.05, 0.1) is 32.1 Å². The van der Waals surface area contributed by atoms with Crippen LogP contribution in [0.4, 0.5) is 0 Å². The van der Waals surface area contributed by atoms with Crippen molar-refractivity contribution in [2.24, 2.45) is 5.92 Å². The lowest BCUT2D eigenvalue weighted by Crippen LogP contribution is -2.53. The van der Waals surface area contributed by atoms with E-state index in [9.17, 15) is 14.4 Å². The van der Waals surface area contributed by atoms with E-state index >= 15 is 0 Å². The van der Waals surface area contributed by atoms with E-state index in [1.165, 1.54) is 7.11 Å². The van der Waals surface area contributed by atoms with Crippen molar-refractivity contribution in [2.75, 3.05) is 33.9 Å². The Labute approximate surface area is 188 Å². The molecule has 174 valence electrons. The second kappa shape index (κ2) is 7.98. The zero-order valence-corrected chi connectivity index (χ0v) is 19.5. The van der Waals surface area contributed by atoms with Crippen LogP contribution in [0.15, 0.2) is 12.1 Å². The van der Waals surface area contributed by atoms with Gasteiger partial charge < -0.3 is 24.0 Å². The van der Waals surface area contributed by atoms with Gasteiger partial charge in [0.25, 0.3) is 0 Å². The van der Waals surface area contributed by atoms with Crippen LogP contribution >= 0.6 is 0 Å². The SMILES string of the molecule is COc1ccc2c(c1OC)OC1(CCN(C(=O)C3CC(=O)N(C(C)(C)C)C3)CC1)CC2=O. The minimum absolute atomic E-state index is 0.00851. The molecule has 2 fully saturated rings. The first kappa shape index (κ1) is 22.4. The average Bonchev–Trinajstić information content (AvgIpc) is 3.15. The Morgan fingerprint density at radius 2 is 1.81 bits per heavy atom. The van der Waals surface area contributed by atoms with E-state index in [-0.39, 0.29) is 41.9 Å². The lowest BCUT2D eigenvalue weighted by Gasteiger charge is -2.44. The minimum Gasteiger partial charge on any atom is -0.493 e. The molecule has 8 nitrogen and oxygen atoms in total. The summed E-state index contributed by atoms with van der Waals surface area (Å²) in [4.78, 5) is 42.1. The second-order valence-corrected chi connectivity index (χ2v) is 9.96. The van der Waals surface area contributed by atoms with Gasteiger partial charge in [0.15, 0.2) is 17.3 Å². The minimum atomic E-state index is -0.663. The fourth-order valence-corrected chi connectivity index (χ4v) is 5.05. The third kappa shape index (κ3) is 3.80. The zero-order chi connectivity index (χ0) is 23.3. The fourth-order valence-electron chi connectivity index (χ4n) is 5.05. The smallest absolute Gasteiger partial charge is 0.227 e. The zero-order valence-electron chi connectivity index (χ0n) is 19.5. The number of hydrogen-bond donors (Lipinski definition) is 0. The van der Waals surface area contributed by atoms with E-state index in [4.69, 9.17) is 14.2 Å². The van der Waals surface area contributed by atoms with Crippen LogP contribution in [-0.4, -0.2) is 72.4 Å². The summed E-state index contributed by atoms with van der Waals surface area (Å²) in [5.74, 6) is 1.10. The van der Waals surface area contributed by atoms with Crippen molar-refractivity contribution in [2.45, 2.75) is 57.6 Å². The number of nitrogens with zero attached hydrogens (tertiary/aromatic N) is 2. The number of methoxy groups -OCH3 is 2. The van der Waals surface area contributed by atoms with Gasteiger partial charge in [0.2, 0.25) is 17.6 Å². The van der Waals surface area contributed by atoms with Gasteiger partial charge >= 0.3 is 0 Å². The molecule has 0 bridgehead atoms. The number of ketones is 1. The molecule has 3 aliphatic heterocycles. The normalized spacial score (nSPS) is 22.6. The highest BCUT2D eigenvalue weighted by atomic mass is 16.5. The molecule has 1 spiro atoms. The Kier molecular flexibility index (Phi) is 5.59. The van der Waals surface area contributed by atoms with Gasteiger partial charge in [0, 0.05) is 44.4 Å². The van der Waals surface area contributed by atoms with E-state index in [0.29, 0.717) is 55.3 Å². The van der Waals surface area contributed by atoms with Crippen LogP contribution in [0.3, 0.4) is 0 Å². The summed E-state index contributed by atoms with van der Waals surface area (Å²) >= 11 is 0. The van der Waals surface area contributed by atoms with Crippen molar-refractivity contribution >= 4 is 17.6 Å². The molecule has 1 unspecified atom stereocenters. The van der Waals surface area contributed by atoms with Crippen LogP contribution in [0.5, 0.6) is 17.2 Å². The molecular formula is C24H32N2O6. The third-order valence-electron chi connectivity index (χ3n) is 6.87. The molecule has 2 amide bonds. The predicted octanol–water partition coefficient (Wildman–Crippen LogP) is 2.68. The molecule has 1 aromatic rings. The number of likely N-dealkylation sites (tertiary alicyclic amines) is 2. The van der Waals surface area contributed by atoms with Crippen molar-refractivity contribution in [3.8, 4) is 17.2 Å². The second-order valence-electron chi connectivity index (χ2n) is 9.96. The topological polar surface area (TPSA) is 85.4 Å². The predicted molar refractivity (Wildman–Crippen MR) is 117 cm³/mol. The summed E-state index contributed by atoms with van der Waals surface area (Å²) in [5.41, 5.74) is -0.454. The van der Waals surface area contributed by atoms with Gasteiger partial charge in [0.1, 0.15) is 5.60 Å². The molecule has 0 aliphatic carbocycles. The van der Waals surface area contributed by atoms with Crippen molar-refractivity contribution in [3.05, 3.63) is 17.7 Å². The maximum Gasteiger partial charge on any atom is 0.227 e. The summed E-state index contributed by atoms with van der Waals surface area (Å²) in [6, 6.07) is 3.42. The van der Waals surface area contributed by atoms with Crippen molar-refractivity contribution in [3.63, 3.8) is 0 Å². The summed E-state index contributed by atoms with van der Waals surface area (Å²) in [5, 5.41) is 0. The van der Waals surface area contributed by atoms with Crippen LogP contribution in [0.2, 0.25) is 0 Å². The molecule has 1 atom stereocenters. The summed E-state index contributed by atoms with van der Waals surface area (Å²) in [6.45, 7) is 7.41. The Bertz CT molecular complexity index is 943. The van der Waals surface area contributed by atoms with E-state index in [2.05, 4.69) is 0 Å². The molecular weight excluding hydrogens is 412 g/mol. The fraction of sp³-hybridized carbons (Fsp3) is 0.625. The molecule has 0 radical (unpaired) electrons. The molecule has 8 heteroatoms. The standard InChI is InChI=1S/C24H32N2O6/c1-23(2,3)26-14-15(12-19(26)28)22(29)25-10-8-24(9-11-25)13-17(27)16-6-7-18(30-4)21(31-5)20(16)32-24/h6-7,15H,8-14H2,1-5H3. The van der Waals surface area contributed by atoms with Crippen LogP contribution in [0.1, 0.15) is 56.8 Å². The van der Waals surface area contributed by atoms with E-state index in [1.807, 2.05) is 25.7 Å². The molecule has 3 aliphatic rings. The Hall–Kier alpha value is -2.77. The van der Waals surface area contributed by atoms with Crippen LogP contribution < -0.4 is 14.2 Å². The lowest BCUT2D eigenvalue weighted by atomic mass is 9.82. The number of amides is 2. The van der Waals surface area contributed by atoms with E-state index in [1.54, 1.807) is 24.1 Å². The number of ether oxygens (including phenoxy) is 3. The van der Waals surface area contributed by atoms with Crippen LogP contribution in [0, 0.1) is 5.92 Å². The maximum absolute atomic E-state index is 13.1. The Morgan fingerprint density at radius 1 is 1.12 bits per heavy atom. The highest BCUT2D eigenvalue weighted by molar-refractivity contribution is 6.01. The Morgan fingerprint density at radius 3 is 2.38 bits per heavy atom. The van der Waals surface area contributed by atoms with Gasteiger partial charge in [-0.1, -0.05) is 0 Å². The highest BCUT2D eigenvalue weighted by Crippen LogP contribution is 2.48. The third-order valence-corrected chi connectivity index (χ3v) is 6.87. The van der Waals surface area contributed by atoms with Gasteiger partial charge in [-0.25, -0.2) is 0 Å². The number of hydrogen-bond acceptors (Lipinski definition) is 6. The van der Waals surface area contributed by atoms with Gasteiger partial charge in [-0.3, -0.25) is 14.4 Å². The molecule has 4 rings (SSSR count). The first-order valence-corrected chi connectivity index (χ1v) is 11.1. The average molecular weight is 445 g/mol. The number of carbonyl (C=O) groups excluding carboxylic acids is 3. The molecule has 1 aromatic carbocycles. The number of benzene rings is 1. The first-order chi connectivity index (χ1) is 15.1. The number of fused-ring (bicyclic) bond motifs is 1. The lowest BCUT2D eigenvalue weighted by molar-refractivity contribution is -0.139. The number of piperidine rings is 1. The first-order valence-electron chi connectivity index (χ1n) is 11.1. The van der Waals surface area contributed by atoms with Crippen LogP contribution in [-0.2, 0) is 9.59 Å². The van der Waals surface area contributed by atoms with Crippen molar-refractivity contribution in [1.29, 1.82) is 0 Å². The van der Waals surface area contributed by atoms with Gasteiger partial charge in [-0.15, -0.1) is 0 Å². The van der Waals surface area contributed by atoms with Gasteiger partial charge in [-0.05, 0) is 32.9 Å². The van der Waals surface area contributed by atoms with Gasteiger partial charge in [-0.2, -0.15) is 0 Å². The molecule has 0 aromatic heterocycles. The molecule has 0 saturated carbocycles. The Balaban J connectivity index is 1.47. The van der Waals surface area contributed by atoms with Crippen LogP contribution in [0.25, 0.3) is 0 Å². The molecule has 3 heterocycles.